The molecule has 0 aliphatic carbocycles. The number of thioether (sulfide) groups is 1. The van der Waals surface area contributed by atoms with Crippen LogP contribution in [0.3, 0.4) is 0 Å². The number of hydrogen-bond donors (Lipinski definition) is 1. The van der Waals surface area contributed by atoms with Gasteiger partial charge >= 0.3 is 0 Å². The van der Waals surface area contributed by atoms with Gasteiger partial charge in [0.2, 0.25) is 0 Å². The Hall–Kier alpha value is -0.840. The Morgan fingerprint density at radius 3 is 2.47 bits per heavy atom. The highest BCUT2D eigenvalue weighted by atomic mass is 79.9. The molecule has 4 heteroatoms. The van der Waals surface area contributed by atoms with E-state index in [1.807, 2.05) is 19.3 Å². The quantitative estimate of drug-likeness (QED) is 0.833. The molecule has 0 spiro atoms. The number of rotatable bonds is 5. The average molecular weight is 337 g/mol. The molecule has 19 heavy (non-hydrogen) atoms. The minimum Gasteiger partial charge on any atom is -0.313 e. The van der Waals surface area contributed by atoms with E-state index in [0.717, 1.165) is 16.6 Å². The molecule has 2 nitrogen and oxygen atoms in total. The van der Waals surface area contributed by atoms with E-state index in [2.05, 4.69) is 62.8 Å². The molecule has 2 rings (SSSR count). The lowest BCUT2D eigenvalue weighted by molar-refractivity contribution is 0.584. The highest BCUT2D eigenvalue weighted by molar-refractivity contribution is 9.10. The molecule has 0 radical (unpaired) electrons. The van der Waals surface area contributed by atoms with Gasteiger partial charge in [0.05, 0.1) is 0 Å². The van der Waals surface area contributed by atoms with E-state index < -0.39 is 0 Å². The summed E-state index contributed by atoms with van der Waals surface area (Å²) in [6, 6.07) is 13.1. The van der Waals surface area contributed by atoms with Crippen molar-refractivity contribution in [1.29, 1.82) is 0 Å². The van der Waals surface area contributed by atoms with Crippen molar-refractivity contribution in [2.75, 3.05) is 13.3 Å². The van der Waals surface area contributed by atoms with Crippen molar-refractivity contribution in [2.24, 2.45) is 0 Å². The van der Waals surface area contributed by atoms with E-state index in [4.69, 9.17) is 0 Å². The molecule has 1 aromatic heterocycles. The average Bonchev–Trinajstić information content (AvgIpc) is 2.47. The summed E-state index contributed by atoms with van der Waals surface area (Å²) in [4.78, 5) is 5.73. The highest BCUT2D eigenvalue weighted by Crippen LogP contribution is 2.21. The van der Waals surface area contributed by atoms with E-state index in [9.17, 15) is 0 Å². The lowest BCUT2D eigenvalue weighted by Crippen LogP contribution is -2.19. The van der Waals surface area contributed by atoms with Gasteiger partial charge in [-0.3, -0.25) is 4.98 Å². The number of nitrogens with zero attached hydrogens (tertiary/aromatic N) is 1. The molecule has 0 fully saturated rings. The van der Waals surface area contributed by atoms with Gasteiger partial charge < -0.3 is 5.32 Å². The molecule has 1 atom stereocenters. The zero-order valence-electron chi connectivity index (χ0n) is 11.1. The number of halogens is 1. The summed E-state index contributed by atoms with van der Waals surface area (Å²) < 4.78 is 1.02. The fourth-order valence-corrected chi connectivity index (χ4v) is 2.60. The van der Waals surface area contributed by atoms with Crippen LogP contribution in [0.15, 0.2) is 52.0 Å². The van der Waals surface area contributed by atoms with Gasteiger partial charge in [-0.05, 0) is 59.1 Å². The number of pyridine rings is 1. The summed E-state index contributed by atoms with van der Waals surface area (Å²) >= 11 is 5.17. The number of benzene rings is 1. The Kier molecular flexibility index (Phi) is 5.43. The first-order valence-corrected chi connectivity index (χ1v) is 8.16. The van der Waals surface area contributed by atoms with Crippen LogP contribution in [-0.2, 0) is 6.42 Å². The van der Waals surface area contributed by atoms with Crippen LogP contribution >= 0.6 is 27.7 Å². The van der Waals surface area contributed by atoms with Crippen molar-refractivity contribution in [1.82, 2.24) is 10.3 Å². The second kappa shape index (κ2) is 7.08. The fourth-order valence-electron chi connectivity index (χ4n) is 1.96. The van der Waals surface area contributed by atoms with Gasteiger partial charge in [-0.15, -0.1) is 11.8 Å². The van der Waals surface area contributed by atoms with Crippen LogP contribution in [0.5, 0.6) is 0 Å². The predicted octanol–water partition coefficient (Wildman–Crippen LogP) is 4.07. The van der Waals surface area contributed by atoms with E-state index in [1.165, 1.54) is 10.5 Å². The number of nitrogens with one attached hydrogen (secondary N) is 1. The van der Waals surface area contributed by atoms with Gasteiger partial charge in [0.25, 0.3) is 0 Å². The van der Waals surface area contributed by atoms with Crippen LogP contribution in [0, 0.1) is 0 Å². The number of aromatic nitrogens is 1. The molecule has 0 aliphatic heterocycles. The summed E-state index contributed by atoms with van der Waals surface area (Å²) in [5, 5.41) is 3.36. The Labute approximate surface area is 127 Å². The summed E-state index contributed by atoms with van der Waals surface area (Å²) in [7, 11) is 1.99. The molecule has 0 amide bonds. The highest BCUT2D eigenvalue weighted by Gasteiger charge is 2.10. The second-order valence-electron chi connectivity index (χ2n) is 4.29. The molecule has 0 bridgehead atoms. The van der Waals surface area contributed by atoms with Gasteiger partial charge in [-0.1, -0.05) is 12.1 Å². The van der Waals surface area contributed by atoms with Crippen molar-refractivity contribution >= 4 is 27.7 Å². The van der Waals surface area contributed by atoms with Crippen LogP contribution in [0.4, 0.5) is 0 Å². The first kappa shape index (κ1) is 14.6. The molecule has 0 saturated carbocycles. The van der Waals surface area contributed by atoms with Crippen molar-refractivity contribution < 1.29 is 0 Å². The Morgan fingerprint density at radius 2 is 1.95 bits per heavy atom. The summed E-state index contributed by atoms with van der Waals surface area (Å²) in [5.41, 5.74) is 2.39. The van der Waals surface area contributed by atoms with E-state index in [-0.39, 0.29) is 0 Å². The van der Waals surface area contributed by atoms with Crippen molar-refractivity contribution in [3.63, 3.8) is 0 Å². The molecular formula is C15H17BrN2S. The molecule has 1 N–H and O–H groups in total. The molecular weight excluding hydrogens is 320 g/mol. The Morgan fingerprint density at radius 1 is 1.21 bits per heavy atom. The summed E-state index contributed by atoms with van der Waals surface area (Å²) in [5.74, 6) is 0. The van der Waals surface area contributed by atoms with Crippen molar-refractivity contribution in [3.8, 4) is 0 Å². The van der Waals surface area contributed by atoms with Gasteiger partial charge in [0, 0.05) is 33.7 Å². The standard InChI is InChI=1S/C15H17BrN2S/c1-17-15(9-13-6-5-12(16)10-18-13)11-3-7-14(19-2)8-4-11/h3-8,10,15,17H,9H2,1-2H3. The first-order valence-electron chi connectivity index (χ1n) is 6.14. The van der Waals surface area contributed by atoms with Crippen LogP contribution in [0.1, 0.15) is 17.3 Å². The lowest BCUT2D eigenvalue weighted by Gasteiger charge is -2.16. The summed E-state index contributed by atoms with van der Waals surface area (Å²) in [6.45, 7) is 0. The maximum Gasteiger partial charge on any atom is 0.0423 e. The van der Waals surface area contributed by atoms with Crippen molar-refractivity contribution in [3.05, 3.63) is 58.3 Å². The number of hydrogen-bond acceptors (Lipinski definition) is 3. The molecule has 1 unspecified atom stereocenters. The van der Waals surface area contributed by atoms with Crippen molar-refractivity contribution in [2.45, 2.75) is 17.4 Å². The molecule has 100 valence electrons. The van der Waals surface area contributed by atoms with E-state index in [1.54, 1.807) is 11.8 Å². The minimum absolute atomic E-state index is 0.296. The Balaban J connectivity index is 2.12. The third-order valence-corrected chi connectivity index (χ3v) is 4.28. The van der Waals surface area contributed by atoms with E-state index >= 15 is 0 Å². The Bertz CT molecular complexity index is 511. The normalized spacial score (nSPS) is 12.4. The third kappa shape index (κ3) is 4.06. The number of likely N-dealkylation sites (N-methyl/N-ethyl adjacent to an activating group) is 1. The van der Waals surface area contributed by atoms with Gasteiger partial charge in [-0.25, -0.2) is 0 Å². The molecule has 0 aliphatic rings. The van der Waals surface area contributed by atoms with Gasteiger partial charge in [0.15, 0.2) is 0 Å². The van der Waals surface area contributed by atoms with Crippen LogP contribution in [0.2, 0.25) is 0 Å². The van der Waals surface area contributed by atoms with Gasteiger partial charge in [-0.2, -0.15) is 0 Å². The summed E-state index contributed by atoms with van der Waals surface area (Å²) in [6.07, 6.45) is 4.83. The molecule has 2 aromatic rings. The maximum absolute atomic E-state index is 4.43. The van der Waals surface area contributed by atoms with Crippen LogP contribution in [0.25, 0.3) is 0 Å². The molecule has 1 aromatic carbocycles. The predicted molar refractivity (Wildman–Crippen MR) is 85.7 cm³/mol. The largest absolute Gasteiger partial charge is 0.313 e. The zero-order valence-corrected chi connectivity index (χ0v) is 13.5. The maximum atomic E-state index is 4.43. The topological polar surface area (TPSA) is 24.9 Å². The van der Waals surface area contributed by atoms with Gasteiger partial charge in [0.1, 0.15) is 0 Å². The zero-order chi connectivity index (χ0) is 13.7. The first-order chi connectivity index (χ1) is 9.22. The lowest BCUT2D eigenvalue weighted by atomic mass is 10.0. The van der Waals surface area contributed by atoms with Crippen LogP contribution < -0.4 is 5.32 Å². The third-order valence-electron chi connectivity index (χ3n) is 3.07. The van der Waals surface area contributed by atoms with E-state index in [0.29, 0.717) is 6.04 Å². The monoisotopic (exact) mass is 336 g/mol. The molecule has 1 heterocycles. The minimum atomic E-state index is 0.296. The smallest absolute Gasteiger partial charge is 0.0423 e. The second-order valence-corrected chi connectivity index (χ2v) is 6.08. The molecule has 0 saturated heterocycles. The van der Waals surface area contributed by atoms with Crippen LogP contribution in [-0.4, -0.2) is 18.3 Å². The SMILES string of the molecule is CNC(Cc1ccc(Br)cn1)c1ccc(SC)cc1. The fraction of sp³-hybridized carbons (Fsp3) is 0.267.